The van der Waals surface area contributed by atoms with Crippen molar-refractivity contribution in [1.82, 2.24) is 10.3 Å². The van der Waals surface area contributed by atoms with E-state index in [4.69, 9.17) is 20.9 Å². The van der Waals surface area contributed by atoms with Gasteiger partial charge in [0.25, 0.3) is 0 Å². The Bertz CT molecular complexity index is 759. The minimum absolute atomic E-state index is 0.0000313. The lowest BCUT2D eigenvalue weighted by Crippen LogP contribution is -2.15. The number of amidine groups is 1. The molecule has 0 saturated carbocycles. The average molecular weight is 397 g/mol. The Labute approximate surface area is 146 Å². The highest BCUT2D eigenvalue weighted by Gasteiger charge is 2.12. The Morgan fingerprint density at radius 1 is 1.29 bits per heavy atom. The smallest absolute Gasteiger partial charge is 0.199 e. The quantitative estimate of drug-likeness (QED) is 0.414. The van der Waals surface area contributed by atoms with E-state index in [1.54, 1.807) is 6.07 Å². The summed E-state index contributed by atoms with van der Waals surface area (Å²) in [6.07, 6.45) is 1.51. The van der Waals surface area contributed by atoms with Crippen LogP contribution in [0.25, 0.3) is 0 Å². The van der Waals surface area contributed by atoms with Gasteiger partial charge in [-0.25, -0.2) is 4.63 Å². The average Bonchev–Trinajstić information content (AvgIpc) is 2.97. The Morgan fingerprint density at radius 3 is 2.67 bits per heavy atom. The van der Waals surface area contributed by atoms with E-state index in [0.717, 1.165) is 10.0 Å². The molecule has 0 bridgehead atoms. The zero-order valence-corrected chi connectivity index (χ0v) is 14.8. The lowest BCUT2D eigenvalue weighted by atomic mass is 10.2. The summed E-state index contributed by atoms with van der Waals surface area (Å²) in [4.78, 5) is 0. The summed E-state index contributed by atoms with van der Waals surface area (Å²) in [6, 6.07) is 3.62. The SMILES string of the molecule is CCOc1cc(/C=N/N=C(\N)c2nonc2N)cc(Br)c1OCC. The van der Waals surface area contributed by atoms with E-state index in [0.29, 0.717) is 24.7 Å². The number of nitrogens with zero attached hydrogens (tertiary/aromatic N) is 4. The predicted molar refractivity (Wildman–Crippen MR) is 93.5 cm³/mol. The van der Waals surface area contributed by atoms with E-state index >= 15 is 0 Å². The van der Waals surface area contributed by atoms with E-state index in [1.165, 1.54) is 6.21 Å². The van der Waals surface area contributed by atoms with Crippen molar-refractivity contribution in [3.63, 3.8) is 0 Å². The number of halogens is 1. The van der Waals surface area contributed by atoms with Gasteiger partial charge < -0.3 is 20.9 Å². The number of nitrogen functional groups attached to an aromatic ring is 1. The summed E-state index contributed by atoms with van der Waals surface area (Å²) in [5, 5.41) is 14.7. The van der Waals surface area contributed by atoms with Crippen LogP contribution in [0.4, 0.5) is 5.82 Å². The van der Waals surface area contributed by atoms with Crippen LogP contribution in [0.1, 0.15) is 25.1 Å². The first-order chi connectivity index (χ1) is 11.6. The van der Waals surface area contributed by atoms with Crippen molar-refractivity contribution in [2.24, 2.45) is 15.9 Å². The molecule has 128 valence electrons. The summed E-state index contributed by atoms with van der Waals surface area (Å²) >= 11 is 3.46. The number of anilines is 1. The van der Waals surface area contributed by atoms with Crippen LogP contribution in [0.5, 0.6) is 11.5 Å². The highest BCUT2D eigenvalue weighted by atomic mass is 79.9. The molecule has 2 aromatic rings. The fraction of sp³-hybridized carbons (Fsp3) is 0.286. The number of nitrogens with two attached hydrogens (primary N) is 2. The van der Waals surface area contributed by atoms with Gasteiger partial charge in [0, 0.05) is 0 Å². The number of rotatable bonds is 7. The van der Waals surface area contributed by atoms with Crippen molar-refractivity contribution in [2.75, 3.05) is 18.9 Å². The zero-order chi connectivity index (χ0) is 17.5. The molecule has 0 aliphatic carbocycles. The first-order valence-corrected chi connectivity index (χ1v) is 7.90. The molecule has 0 aliphatic heterocycles. The van der Waals surface area contributed by atoms with Crippen LogP contribution in [0.15, 0.2) is 31.4 Å². The van der Waals surface area contributed by atoms with Gasteiger partial charge in [-0.15, -0.1) is 5.10 Å². The molecule has 0 radical (unpaired) electrons. The van der Waals surface area contributed by atoms with Crippen molar-refractivity contribution >= 4 is 33.8 Å². The Kier molecular flexibility index (Phi) is 6.13. The maximum absolute atomic E-state index is 5.72. The fourth-order valence-electron chi connectivity index (χ4n) is 1.79. The summed E-state index contributed by atoms with van der Waals surface area (Å²) in [6.45, 7) is 4.84. The molecule has 4 N–H and O–H groups in total. The molecule has 0 spiro atoms. The third-order valence-corrected chi connectivity index (χ3v) is 3.34. The van der Waals surface area contributed by atoms with Gasteiger partial charge in [0.15, 0.2) is 28.8 Å². The standard InChI is InChI=1S/C14H17BrN6O3/c1-3-22-10-6-8(5-9(15)12(10)23-4-2)7-18-19-13(16)11-14(17)21-24-20-11/h5-7H,3-4H2,1-2H3,(H2,16,19)(H2,17,21)/b18-7+. The van der Waals surface area contributed by atoms with Crippen molar-refractivity contribution in [3.8, 4) is 11.5 Å². The second-order valence-corrected chi connectivity index (χ2v) is 5.28. The van der Waals surface area contributed by atoms with E-state index in [2.05, 4.69) is 41.1 Å². The highest BCUT2D eigenvalue weighted by Crippen LogP contribution is 2.36. The Balaban J connectivity index is 2.24. The fourth-order valence-corrected chi connectivity index (χ4v) is 2.36. The van der Waals surface area contributed by atoms with Crippen LogP contribution in [-0.4, -0.2) is 35.6 Å². The summed E-state index contributed by atoms with van der Waals surface area (Å²) < 4.78 is 16.4. The second kappa shape index (κ2) is 8.29. The molecule has 10 heteroatoms. The normalized spacial score (nSPS) is 11.9. The number of hydrogen-bond donors (Lipinski definition) is 2. The summed E-state index contributed by atoms with van der Waals surface area (Å²) in [7, 11) is 0. The molecule has 2 rings (SSSR count). The van der Waals surface area contributed by atoms with Crippen LogP contribution >= 0.6 is 15.9 Å². The first-order valence-electron chi connectivity index (χ1n) is 7.10. The molecule has 24 heavy (non-hydrogen) atoms. The van der Waals surface area contributed by atoms with E-state index in [1.807, 2.05) is 19.9 Å². The van der Waals surface area contributed by atoms with Gasteiger partial charge in [-0.05, 0) is 57.8 Å². The number of ether oxygens (including phenoxy) is 2. The molecule has 1 heterocycles. The van der Waals surface area contributed by atoms with E-state index in [9.17, 15) is 0 Å². The molecular formula is C14H17BrN6O3. The van der Waals surface area contributed by atoms with Gasteiger partial charge in [0.2, 0.25) is 0 Å². The van der Waals surface area contributed by atoms with E-state index < -0.39 is 0 Å². The van der Waals surface area contributed by atoms with Crippen molar-refractivity contribution in [2.45, 2.75) is 13.8 Å². The minimum Gasteiger partial charge on any atom is -0.490 e. The monoisotopic (exact) mass is 396 g/mol. The minimum atomic E-state index is 0.0000313. The topological polar surface area (TPSA) is 134 Å². The highest BCUT2D eigenvalue weighted by molar-refractivity contribution is 9.10. The molecule has 0 unspecified atom stereocenters. The van der Waals surface area contributed by atoms with Crippen LogP contribution in [0.3, 0.4) is 0 Å². The third-order valence-electron chi connectivity index (χ3n) is 2.75. The van der Waals surface area contributed by atoms with Crippen molar-refractivity contribution in [1.29, 1.82) is 0 Å². The van der Waals surface area contributed by atoms with Gasteiger partial charge in [0.1, 0.15) is 0 Å². The van der Waals surface area contributed by atoms with Gasteiger partial charge in [-0.3, -0.25) is 0 Å². The van der Waals surface area contributed by atoms with Gasteiger partial charge in [-0.1, -0.05) is 0 Å². The summed E-state index contributed by atoms with van der Waals surface area (Å²) in [5.41, 5.74) is 12.1. The molecule has 1 aromatic carbocycles. The zero-order valence-electron chi connectivity index (χ0n) is 13.2. The molecule has 9 nitrogen and oxygen atoms in total. The molecule has 0 aliphatic rings. The molecular weight excluding hydrogens is 380 g/mol. The van der Waals surface area contributed by atoms with Gasteiger partial charge in [0.05, 0.1) is 23.9 Å². The Hall–Kier alpha value is -2.62. The number of benzene rings is 1. The predicted octanol–water partition coefficient (Wildman–Crippen LogP) is 1.95. The van der Waals surface area contributed by atoms with Crippen LogP contribution in [0.2, 0.25) is 0 Å². The van der Waals surface area contributed by atoms with E-state index in [-0.39, 0.29) is 17.3 Å². The van der Waals surface area contributed by atoms with Gasteiger partial charge in [-0.2, -0.15) is 5.10 Å². The van der Waals surface area contributed by atoms with Crippen LogP contribution < -0.4 is 20.9 Å². The lowest BCUT2D eigenvalue weighted by Gasteiger charge is -2.13. The number of aromatic nitrogens is 2. The maximum atomic E-state index is 5.72. The third kappa shape index (κ3) is 4.22. The largest absolute Gasteiger partial charge is 0.490 e. The second-order valence-electron chi connectivity index (χ2n) is 4.42. The van der Waals surface area contributed by atoms with Crippen LogP contribution in [-0.2, 0) is 0 Å². The van der Waals surface area contributed by atoms with Crippen molar-refractivity contribution in [3.05, 3.63) is 27.9 Å². The molecule has 0 saturated heterocycles. The molecule has 0 fully saturated rings. The Morgan fingerprint density at radius 2 is 2.04 bits per heavy atom. The first kappa shape index (κ1) is 17.7. The lowest BCUT2D eigenvalue weighted by molar-refractivity contribution is 0.286. The van der Waals surface area contributed by atoms with Crippen LogP contribution in [0, 0.1) is 0 Å². The van der Waals surface area contributed by atoms with Crippen molar-refractivity contribution < 1.29 is 14.1 Å². The summed E-state index contributed by atoms with van der Waals surface area (Å²) in [5.74, 6) is 1.30. The number of hydrogen-bond acceptors (Lipinski definition) is 8. The molecule has 0 amide bonds. The van der Waals surface area contributed by atoms with Gasteiger partial charge >= 0.3 is 0 Å². The molecule has 0 atom stereocenters. The maximum Gasteiger partial charge on any atom is 0.199 e. The molecule has 1 aromatic heterocycles.